The van der Waals surface area contributed by atoms with Gasteiger partial charge in [-0.3, -0.25) is 18.7 Å². The Morgan fingerprint density at radius 2 is 0.940 bits per heavy atom. The van der Waals surface area contributed by atoms with Gasteiger partial charge in [0.2, 0.25) is 0 Å². The molecule has 12 nitrogen and oxygen atoms in total. The fourth-order valence-electron chi connectivity index (χ4n) is 5.72. The van der Waals surface area contributed by atoms with Crippen LogP contribution in [0.3, 0.4) is 0 Å². The molecule has 0 spiro atoms. The lowest BCUT2D eigenvalue weighted by atomic mass is 10.1. The van der Waals surface area contributed by atoms with E-state index in [0.717, 1.165) is 69.8 Å². The van der Waals surface area contributed by atoms with Crippen LogP contribution in [0.15, 0.2) is 71.0 Å². The molecule has 2 aromatic carbocycles. The van der Waals surface area contributed by atoms with Gasteiger partial charge in [-0.05, 0) is 90.8 Å². The molecule has 0 saturated heterocycles. The van der Waals surface area contributed by atoms with Crippen molar-refractivity contribution in [3.05, 3.63) is 106 Å². The van der Waals surface area contributed by atoms with Crippen molar-refractivity contribution < 1.29 is 9.59 Å². The zero-order valence-electron chi connectivity index (χ0n) is 29.1. The van der Waals surface area contributed by atoms with Gasteiger partial charge in [0.15, 0.2) is 10.3 Å². The maximum absolute atomic E-state index is 13.0. The fourth-order valence-corrected chi connectivity index (χ4v) is 7.35. The molecule has 0 N–H and O–H groups in total. The van der Waals surface area contributed by atoms with Crippen molar-refractivity contribution in [2.45, 2.75) is 77.5 Å². The molecule has 50 heavy (non-hydrogen) atoms. The highest BCUT2D eigenvalue weighted by Crippen LogP contribution is 2.26. The quantitative estimate of drug-likeness (QED) is 0.0965. The minimum Gasteiger partial charge on any atom is -0.274 e. The smallest absolute Gasteiger partial charge is 0.257 e. The third-order valence-electron chi connectivity index (χ3n) is 8.18. The Bertz CT molecular complexity index is 1970. The number of nitrogens with zero attached hydrogens (tertiary/aromatic N) is 10. The van der Waals surface area contributed by atoms with Crippen LogP contribution in [0.4, 0.5) is 0 Å². The number of benzene rings is 2. The first kappa shape index (κ1) is 35.0. The molecule has 4 aromatic heterocycles. The summed E-state index contributed by atoms with van der Waals surface area (Å²) in [6.45, 7) is 11.6. The summed E-state index contributed by atoms with van der Waals surface area (Å²) in [6, 6.07) is 20.2. The Labute approximate surface area is 299 Å². The average molecular weight is 709 g/mol. The van der Waals surface area contributed by atoms with Crippen LogP contribution in [-0.4, -0.2) is 72.4 Å². The summed E-state index contributed by atoms with van der Waals surface area (Å²) < 4.78 is 6.99. The van der Waals surface area contributed by atoms with Crippen molar-refractivity contribution in [2.24, 2.45) is 0 Å². The predicted octanol–water partition coefficient (Wildman–Crippen LogP) is 6.52. The van der Waals surface area contributed by atoms with Gasteiger partial charge in [-0.25, -0.2) is 9.36 Å². The van der Waals surface area contributed by atoms with E-state index in [9.17, 15) is 9.59 Å². The summed E-state index contributed by atoms with van der Waals surface area (Å²) in [6.07, 6.45) is 3.03. The van der Waals surface area contributed by atoms with Crippen LogP contribution in [-0.2, 0) is 12.8 Å². The van der Waals surface area contributed by atoms with E-state index in [2.05, 4.69) is 93.0 Å². The lowest BCUT2D eigenvalue weighted by Crippen LogP contribution is -2.17. The van der Waals surface area contributed by atoms with Gasteiger partial charge in [-0.15, -0.1) is 20.4 Å². The summed E-state index contributed by atoms with van der Waals surface area (Å²) in [5.41, 5.74) is 7.45. The largest absolute Gasteiger partial charge is 0.274 e. The van der Waals surface area contributed by atoms with Crippen molar-refractivity contribution in [1.29, 1.82) is 0 Å². The van der Waals surface area contributed by atoms with Crippen molar-refractivity contribution in [3.63, 3.8) is 0 Å². The van der Waals surface area contributed by atoms with Crippen LogP contribution >= 0.6 is 23.5 Å². The number of unbranched alkanes of at least 4 members (excludes halogenated alkanes) is 1. The van der Waals surface area contributed by atoms with E-state index in [1.165, 1.54) is 32.9 Å². The van der Waals surface area contributed by atoms with E-state index in [4.69, 9.17) is 0 Å². The molecular formula is C36H40N10O2S2. The van der Waals surface area contributed by atoms with Crippen molar-refractivity contribution in [3.8, 4) is 11.4 Å². The second kappa shape index (κ2) is 15.4. The van der Waals surface area contributed by atoms with Crippen molar-refractivity contribution in [1.82, 2.24) is 49.1 Å². The molecule has 6 rings (SSSR count). The number of hydrogen-bond acceptors (Lipinski definition) is 10. The summed E-state index contributed by atoms with van der Waals surface area (Å²) in [4.78, 5) is 26.0. The van der Waals surface area contributed by atoms with Gasteiger partial charge in [0.25, 0.3) is 11.8 Å². The van der Waals surface area contributed by atoms with Crippen LogP contribution in [0.2, 0.25) is 0 Å². The summed E-state index contributed by atoms with van der Waals surface area (Å²) >= 11 is 2.72. The first-order valence-corrected chi connectivity index (χ1v) is 18.5. The van der Waals surface area contributed by atoms with Gasteiger partial charge in [0.05, 0.1) is 22.9 Å². The monoisotopic (exact) mass is 708 g/mol. The van der Waals surface area contributed by atoms with E-state index in [0.29, 0.717) is 23.2 Å². The first-order valence-electron chi connectivity index (χ1n) is 16.5. The van der Waals surface area contributed by atoms with Gasteiger partial charge in [-0.1, -0.05) is 58.9 Å². The molecule has 0 aliphatic rings. The Morgan fingerprint density at radius 1 is 0.560 bits per heavy atom. The molecule has 4 heterocycles. The predicted molar refractivity (Wildman–Crippen MR) is 195 cm³/mol. The zero-order chi connectivity index (χ0) is 35.4. The van der Waals surface area contributed by atoms with E-state index in [1.807, 2.05) is 49.0 Å². The number of hydrogen-bond donors (Lipinski definition) is 0. The molecule has 0 aliphatic carbocycles. The van der Waals surface area contributed by atoms with E-state index in [-0.39, 0.29) is 23.3 Å². The molecule has 0 fully saturated rings. The number of carbonyl (C=O) groups excluding carboxylic acids is 2. The van der Waals surface area contributed by atoms with Crippen LogP contribution in [0.1, 0.15) is 68.0 Å². The molecule has 0 amide bonds. The maximum Gasteiger partial charge on any atom is 0.257 e. The Balaban J connectivity index is 1.16. The Kier molecular flexibility index (Phi) is 10.8. The number of carbonyl (C=O) groups is 2. The average Bonchev–Trinajstić information content (AvgIpc) is 3.86. The highest BCUT2D eigenvalue weighted by molar-refractivity contribution is 8.00. The number of aryl methyl sites for hydroxylation is 8. The SMILES string of the molecule is Cc1ccc(-n2c(CCCCc3nnc(SCC(=O)n4nc(C)cc4C)n3-c3ccc(C)cc3)nnc2SCC(=O)n2nc(C)cc2C)cc1. The molecule has 0 aliphatic heterocycles. The molecule has 0 saturated carbocycles. The number of thioether (sulfide) groups is 2. The minimum absolute atomic E-state index is 0.105. The van der Waals surface area contributed by atoms with Gasteiger partial charge >= 0.3 is 0 Å². The van der Waals surface area contributed by atoms with Crippen molar-refractivity contribution >= 4 is 35.3 Å². The molecule has 6 aromatic rings. The molecule has 0 unspecified atom stereocenters. The summed E-state index contributed by atoms with van der Waals surface area (Å²) in [5, 5.41) is 28.1. The Hall–Kier alpha value is -4.82. The molecule has 0 bridgehead atoms. The third-order valence-corrected chi connectivity index (χ3v) is 10.0. The lowest BCUT2D eigenvalue weighted by Gasteiger charge is -2.12. The standard InChI is InChI=1S/C36H40N10O2S2/c1-23-11-15-29(16-12-23)43-31(37-39-35(43)49-21-33(47)45-27(5)19-25(3)41-45)9-7-8-10-32-38-40-36(44(32)30-17-13-24(2)14-18-30)50-22-34(48)46-28(6)20-26(4)42-46/h11-20H,7-10,21-22H2,1-6H3. The van der Waals surface area contributed by atoms with Crippen LogP contribution in [0.25, 0.3) is 11.4 Å². The van der Waals surface area contributed by atoms with E-state index >= 15 is 0 Å². The number of rotatable bonds is 13. The lowest BCUT2D eigenvalue weighted by molar-refractivity contribution is 0.0915. The minimum atomic E-state index is -0.105. The second-order valence-electron chi connectivity index (χ2n) is 12.4. The van der Waals surface area contributed by atoms with E-state index in [1.54, 1.807) is 0 Å². The van der Waals surface area contributed by atoms with Crippen LogP contribution in [0.5, 0.6) is 0 Å². The van der Waals surface area contributed by atoms with Gasteiger partial charge < -0.3 is 0 Å². The molecular weight excluding hydrogens is 669 g/mol. The van der Waals surface area contributed by atoms with Gasteiger partial charge in [0.1, 0.15) is 11.6 Å². The molecule has 0 atom stereocenters. The van der Waals surface area contributed by atoms with Gasteiger partial charge in [0, 0.05) is 35.6 Å². The van der Waals surface area contributed by atoms with Crippen molar-refractivity contribution in [2.75, 3.05) is 11.5 Å². The molecule has 258 valence electrons. The Morgan fingerprint density at radius 3 is 1.28 bits per heavy atom. The fraction of sp³-hybridized carbons (Fsp3) is 0.333. The zero-order valence-corrected chi connectivity index (χ0v) is 30.8. The van der Waals surface area contributed by atoms with E-state index < -0.39 is 0 Å². The summed E-state index contributed by atoms with van der Waals surface area (Å²) in [7, 11) is 0. The van der Waals surface area contributed by atoms with Crippen LogP contribution in [0, 0.1) is 41.5 Å². The van der Waals surface area contributed by atoms with Crippen LogP contribution < -0.4 is 0 Å². The highest BCUT2D eigenvalue weighted by Gasteiger charge is 2.20. The first-order chi connectivity index (χ1) is 24.1. The summed E-state index contributed by atoms with van der Waals surface area (Å²) in [5.74, 6) is 1.82. The molecule has 14 heteroatoms. The second-order valence-corrected chi connectivity index (χ2v) is 14.3. The number of aromatic nitrogens is 10. The topological polar surface area (TPSA) is 131 Å². The highest BCUT2D eigenvalue weighted by atomic mass is 32.2. The maximum atomic E-state index is 13.0. The third kappa shape index (κ3) is 7.97. The normalized spacial score (nSPS) is 11.4. The van der Waals surface area contributed by atoms with Gasteiger partial charge in [-0.2, -0.15) is 10.2 Å². The molecule has 0 radical (unpaired) electrons.